The van der Waals surface area contributed by atoms with E-state index in [0.717, 1.165) is 41.1 Å². The Hall–Kier alpha value is -1.51. The van der Waals surface area contributed by atoms with Gasteiger partial charge >= 0.3 is 0 Å². The average Bonchev–Trinajstić information content (AvgIpc) is 2.37. The molecule has 0 bridgehead atoms. The van der Waals surface area contributed by atoms with Gasteiger partial charge in [0, 0.05) is 13.1 Å². The van der Waals surface area contributed by atoms with Crippen molar-refractivity contribution in [3.05, 3.63) is 28.3 Å². The van der Waals surface area contributed by atoms with Crippen LogP contribution in [-0.2, 0) is 11.2 Å². The van der Waals surface area contributed by atoms with Crippen LogP contribution in [0.15, 0.2) is 6.07 Å². The SMILES string of the molecule is CCN(CC)C(=O)Cc1cc(C)c(OC)c(C)c1C. The van der Waals surface area contributed by atoms with Gasteiger partial charge in [-0.3, -0.25) is 4.79 Å². The highest BCUT2D eigenvalue weighted by Crippen LogP contribution is 2.28. The molecule has 3 heteroatoms. The molecule has 0 N–H and O–H groups in total. The van der Waals surface area contributed by atoms with Gasteiger partial charge in [0.15, 0.2) is 0 Å². The number of carbonyl (C=O) groups excluding carboxylic acids is 1. The average molecular weight is 263 g/mol. The van der Waals surface area contributed by atoms with Crippen LogP contribution in [0.4, 0.5) is 0 Å². The minimum Gasteiger partial charge on any atom is -0.496 e. The zero-order valence-electron chi connectivity index (χ0n) is 13.0. The first-order chi connectivity index (χ1) is 8.96. The van der Waals surface area contributed by atoms with Gasteiger partial charge in [-0.25, -0.2) is 0 Å². The molecule has 0 atom stereocenters. The summed E-state index contributed by atoms with van der Waals surface area (Å²) in [6.45, 7) is 11.7. The highest BCUT2D eigenvalue weighted by Gasteiger charge is 2.15. The largest absolute Gasteiger partial charge is 0.496 e. The van der Waals surface area contributed by atoms with E-state index in [2.05, 4.69) is 13.0 Å². The zero-order valence-corrected chi connectivity index (χ0v) is 13.0. The fourth-order valence-electron chi connectivity index (χ4n) is 2.49. The van der Waals surface area contributed by atoms with Crippen molar-refractivity contribution in [2.45, 2.75) is 41.0 Å². The van der Waals surface area contributed by atoms with Crippen LogP contribution >= 0.6 is 0 Å². The Morgan fingerprint density at radius 3 is 2.21 bits per heavy atom. The van der Waals surface area contributed by atoms with Crippen molar-refractivity contribution in [1.29, 1.82) is 0 Å². The van der Waals surface area contributed by atoms with Crippen LogP contribution in [0.2, 0.25) is 0 Å². The molecule has 1 amide bonds. The molecule has 0 saturated carbocycles. The second-order valence-corrected chi connectivity index (χ2v) is 4.88. The van der Waals surface area contributed by atoms with Crippen LogP contribution in [0, 0.1) is 20.8 Å². The van der Waals surface area contributed by atoms with Gasteiger partial charge in [-0.2, -0.15) is 0 Å². The van der Waals surface area contributed by atoms with E-state index in [1.165, 1.54) is 0 Å². The Balaban J connectivity index is 3.06. The van der Waals surface area contributed by atoms with Crippen molar-refractivity contribution in [2.75, 3.05) is 20.2 Å². The monoisotopic (exact) mass is 263 g/mol. The summed E-state index contributed by atoms with van der Waals surface area (Å²) in [5.41, 5.74) is 4.48. The van der Waals surface area contributed by atoms with Crippen LogP contribution in [0.25, 0.3) is 0 Å². The van der Waals surface area contributed by atoms with E-state index in [9.17, 15) is 4.79 Å². The van der Waals surface area contributed by atoms with Crippen LogP contribution in [0.3, 0.4) is 0 Å². The second-order valence-electron chi connectivity index (χ2n) is 4.88. The molecule has 0 radical (unpaired) electrons. The summed E-state index contributed by atoms with van der Waals surface area (Å²) in [6, 6.07) is 2.07. The standard InChI is InChI=1S/C16H25NO2/c1-7-17(8-2)15(18)10-14-9-11(3)16(19-6)13(5)12(14)4/h9H,7-8,10H2,1-6H3. The molecule has 1 rings (SSSR count). The molecule has 0 saturated heterocycles. The second kappa shape index (κ2) is 6.60. The highest BCUT2D eigenvalue weighted by atomic mass is 16.5. The topological polar surface area (TPSA) is 29.5 Å². The molecule has 0 heterocycles. The van der Waals surface area contributed by atoms with Gasteiger partial charge in [-0.05, 0) is 56.9 Å². The fourth-order valence-corrected chi connectivity index (χ4v) is 2.49. The van der Waals surface area contributed by atoms with Gasteiger partial charge in [0.25, 0.3) is 0 Å². The molecular weight excluding hydrogens is 238 g/mol. The van der Waals surface area contributed by atoms with E-state index in [-0.39, 0.29) is 5.91 Å². The van der Waals surface area contributed by atoms with Crippen LogP contribution in [0.5, 0.6) is 5.75 Å². The van der Waals surface area contributed by atoms with Crippen LogP contribution < -0.4 is 4.74 Å². The predicted molar refractivity (Wildman–Crippen MR) is 78.8 cm³/mol. The lowest BCUT2D eigenvalue weighted by atomic mass is 9.96. The maximum absolute atomic E-state index is 12.2. The molecule has 0 aliphatic rings. The number of benzene rings is 1. The van der Waals surface area contributed by atoms with Gasteiger partial charge in [0.05, 0.1) is 13.5 Å². The summed E-state index contributed by atoms with van der Waals surface area (Å²) < 4.78 is 5.41. The lowest BCUT2D eigenvalue weighted by Crippen LogP contribution is -2.32. The third-order valence-corrected chi connectivity index (χ3v) is 3.80. The highest BCUT2D eigenvalue weighted by molar-refractivity contribution is 5.79. The van der Waals surface area contributed by atoms with E-state index >= 15 is 0 Å². The third kappa shape index (κ3) is 3.28. The molecule has 3 nitrogen and oxygen atoms in total. The number of ether oxygens (including phenoxy) is 1. The molecule has 0 spiro atoms. The van der Waals surface area contributed by atoms with Crippen LogP contribution in [-0.4, -0.2) is 31.0 Å². The molecule has 0 aliphatic heterocycles. The van der Waals surface area contributed by atoms with E-state index in [1.54, 1.807) is 7.11 Å². The minimum atomic E-state index is 0.192. The lowest BCUT2D eigenvalue weighted by molar-refractivity contribution is -0.130. The number of rotatable bonds is 5. The number of carbonyl (C=O) groups is 1. The zero-order chi connectivity index (χ0) is 14.6. The normalized spacial score (nSPS) is 10.4. The quantitative estimate of drug-likeness (QED) is 0.817. The lowest BCUT2D eigenvalue weighted by Gasteiger charge is -2.20. The van der Waals surface area contributed by atoms with Gasteiger partial charge in [-0.1, -0.05) is 6.07 Å². The van der Waals surface area contributed by atoms with Gasteiger partial charge < -0.3 is 9.64 Å². The number of amides is 1. The summed E-state index contributed by atoms with van der Waals surface area (Å²) in [5, 5.41) is 0. The Kier molecular flexibility index (Phi) is 5.40. The summed E-state index contributed by atoms with van der Waals surface area (Å²) in [6.07, 6.45) is 0.471. The summed E-state index contributed by atoms with van der Waals surface area (Å²) in [7, 11) is 1.69. The van der Waals surface area contributed by atoms with Crippen molar-refractivity contribution in [3.8, 4) is 5.75 Å². The number of hydrogen-bond donors (Lipinski definition) is 0. The molecule has 1 aromatic rings. The van der Waals surface area contributed by atoms with Crippen LogP contribution in [0.1, 0.15) is 36.1 Å². The van der Waals surface area contributed by atoms with Crippen molar-refractivity contribution >= 4 is 5.91 Å². The molecule has 0 aromatic heterocycles. The molecule has 0 aliphatic carbocycles. The summed E-state index contributed by atoms with van der Waals surface area (Å²) in [4.78, 5) is 14.1. The third-order valence-electron chi connectivity index (χ3n) is 3.80. The number of nitrogens with zero attached hydrogens (tertiary/aromatic N) is 1. The maximum atomic E-state index is 12.2. The van der Waals surface area contributed by atoms with Crippen molar-refractivity contribution in [3.63, 3.8) is 0 Å². The Morgan fingerprint density at radius 1 is 1.16 bits per heavy atom. The van der Waals surface area contributed by atoms with Crippen molar-refractivity contribution < 1.29 is 9.53 Å². The molecule has 106 valence electrons. The number of aryl methyl sites for hydroxylation is 1. The van der Waals surface area contributed by atoms with Gasteiger partial charge in [0.1, 0.15) is 5.75 Å². The molecule has 0 unspecified atom stereocenters. The first-order valence-corrected chi connectivity index (χ1v) is 6.87. The van der Waals surface area contributed by atoms with Crippen molar-refractivity contribution in [2.24, 2.45) is 0 Å². The first-order valence-electron chi connectivity index (χ1n) is 6.87. The molecule has 19 heavy (non-hydrogen) atoms. The smallest absolute Gasteiger partial charge is 0.226 e. The Labute approximate surface area is 116 Å². The fraction of sp³-hybridized carbons (Fsp3) is 0.562. The molecule has 0 fully saturated rings. The predicted octanol–water partition coefficient (Wildman–Crippen LogP) is 3.03. The number of likely N-dealkylation sites (N-methyl/N-ethyl adjacent to an activating group) is 1. The van der Waals surface area contributed by atoms with E-state index in [4.69, 9.17) is 4.74 Å². The first kappa shape index (κ1) is 15.5. The van der Waals surface area contributed by atoms with E-state index < -0.39 is 0 Å². The van der Waals surface area contributed by atoms with Gasteiger partial charge in [0.2, 0.25) is 5.91 Å². The maximum Gasteiger partial charge on any atom is 0.226 e. The minimum absolute atomic E-state index is 0.192. The van der Waals surface area contributed by atoms with E-state index in [0.29, 0.717) is 6.42 Å². The number of methoxy groups -OCH3 is 1. The Bertz CT molecular complexity index is 462. The summed E-state index contributed by atoms with van der Waals surface area (Å²) in [5.74, 6) is 1.12. The van der Waals surface area contributed by atoms with Crippen molar-refractivity contribution in [1.82, 2.24) is 4.90 Å². The Morgan fingerprint density at radius 2 is 1.74 bits per heavy atom. The molecule has 1 aromatic carbocycles. The van der Waals surface area contributed by atoms with E-state index in [1.807, 2.05) is 32.6 Å². The van der Waals surface area contributed by atoms with Gasteiger partial charge in [-0.15, -0.1) is 0 Å². The summed E-state index contributed by atoms with van der Waals surface area (Å²) >= 11 is 0. The number of hydrogen-bond acceptors (Lipinski definition) is 2. The molecular formula is C16H25NO2.